The Morgan fingerprint density at radius 2 is 1.83 bits per heavy atom. The Hall–Kier alpha value is -1.57. The summed E-state index contributed by atoms with van der Waals surface area (Å²) in [6.45, 7) is 6.50. The third kappa shape index (κ3) is 2.47. The smallest absolute Gasteiger partial charge is 0.0709 e. The Labute approximate surface area is 109 Å². The molecule has 0 saturated heterocycles. The van der Waals surface area contributed by atoms with Crippen molar-refractivity contribution in [2.45, 2.75) is 46.5 Å². The van der Waals surface area contributed by atoms with E-state index in [1.54, 1.807) is 6.20 Å². The van der Waals surface area contributed by atoms with Crippen molar-refractivity contribution in [3.63, 3.8) is 0 Å². The van der Waals surface area contributed by atoms with Crippen LogP contribution in [0.15, 0.2) is 18.3 Å². The van der Waals surface area contributed by atoms with Crippen LogP contribution in [0.25, 0.3) is 10.9 Å². The molecule has 2 heteroatoms. The van der Waals surface area contributed by atoms with Gasteiger partial charge in [0.1, 0.15) is 0 Å². The number of pyridine rings is 1. The van der Waals surface area contributed by atoms with Crippen molar-refractivity contribution in [3.8, 4) is 0 Å². The highest BCUT2D eigenvalue weighted by atomic mass is 14.7. The molecule has 18 heavy (non-hydrogen) atoms. The summed E-state index contributed by atoms with van der Waals surface area (Å²) in [7, 11) is 0. The second kappa shape index (κ2) is 5.38. The fourth-order valence-corrected chi connectivity index (χ4v) is 2.35. The van der Waals surface area contributed by atoms with Gasteiger partial charge in [-0.25, -0.2) is 0 Å². The lowest BCUT2D eigenvalue weighted by Crippen LogP contribution is -1.99. The predicted molar refractivity (Wildman–Crippen MR) is 78.9 cm³/mol. The first-order valence-corrected chi connectivity index (χ1v) is 6.77. The fraction of sp³-hybridized carbons (Fsp3) is 0.438. The summed E-state index contributed by atoms with van der Waals surface area (Å²) in [5, 5.41) is 1.23. The van der Waals surface area contributed by atoms with Gasteiger partial charge >= 0.3 is 0 Å². The van der Waals surface area contributed by atoms with Crippen molar-refractivity contribution in [1.29, 1.82) is 0 Å². The van der Waals surface area contributed by atoms with Crippen LogP contribution in [0.4, 0.5) is 5.69 Å². The van der Waals surface area contributed by atoms with Crippen LogP contribution in [-0.2, 0) is 6.42 Å². The maximum atomic E-state index is 6.09. The van der Waals surface area contributed by atoms with Crippen LogP contribution >= 0.6 is 0 Å². The summed E-state index contributed by atoms with van der Waals surface area (Å²) in [5.74, 6) is 0. The second-order valence-electron chi connectivity index (χ2n) is 5.10. The minimum Gasteiger partial charge on any atom is -0.397 e. The van der Waals surface area contributed by atoms with E-state index in [-0.39, 0.29) is 0 Å². The molecule has 0 atom stereocenters. The summed E-state index contributed by atoms with van der Waals surface area (Å²) in [5.41, 5.74) is 11.9. The number of rotatable bonds is 4. The molecule has 1 aromatic carbocycles. The molecule has 0 bridgehead atoms. The lowest BCUT2D eigenvalue weighted by atomic mass is 9.98. The van der Waals surface area contributed by atoms with E-state index < -0.39 is 0 Å². The van der Waals surface area contributed by atoms with Crippen LogP contribution in [-0.4, -0.2) is 4.98 Å². The molecule has 0 unspecified atom stereocenters. The van der Waals surface area contributed by atoms with Crippen LogP contribution in [0, 0.1) is 13.8 Å². The van der Waals surface area contributed by atoms with E-state index in [0.29, 0.717) is 0 Å². The van der Waals surface area contributed by atoms with Gasteiger partial charge in [0.25, 0.3) is 0 Å². The van der Waals surface area contributed by atoms with Gasteiger partial charge in [-0.1, -0.05) is 19.8 Å². The maximum absolute atomic E-state index is 6.09. The van der Waals surface area contributed by atoms with Crippen molar-refractivity contribution in [3.05, 3.63) is 35.0 Å². The quantitative estimate of drug-likeness (QED) is 0.817. The zero-order chi connectivity index (χ0) is 13.1. The van der Waals surface area contributed by atoms with Gasteiger partial charge in [0.05, 0.1) is 17.4 Å². The van der Waals surface area contributed by atoms with E-state index in [2.05, 4.69) is 37.9 Å². The molecule has 96 valence electrons. The van der Waals surface area contributed by atoms with Crippen molar-refractivity contribution in [2.24, 2.45) is 0 Å². The van der Waals surface area contributed by atoms with E-state index in [1.165, 1.54) is 41.3 Å². The van der Waals surface area contributed by atoms with Gasteiger partial charge < -0.3 is 5.73 Å². The number of nitrogens with zero attached hydrogens (tertiary/aromatic N) is 1. The number of anilines is 1. The summed E-state index contributed by atoms with van der Waals surface area (Å²) >= 11 is 0. The largest absolute Gasteiger partial charge is 0.397 e. The molecule has 2 N–H and O–H groups in total. The van der Waals surface area contributed by atoms with Crippen LogP contribution < -0.4 is 5.73 Å². The zero-order valence-electron chi connectivity index (χ0n) is 11.6. The van der Waals surface area contributed by atoms with Crippen LogP contribution in [0.5, 0.6) is 0 Å². The van der Waals surface area contributed by atoms with Crippen LogP contribution in [0.1, 0.15) is 42.9 Å². The monoisotopic (exact) mass is 242 g/mol. The van der Waals surface area contributed by atoms with Crippen LogP contribution in [0.2, 0.25) is 0 Å². The highest BCUT2D eigenvalue weighted by molar-refractivity contribution is 5.87. The normalized spacial score (nSPS) is 11.1. The molecule has 2 aromatic rings. The standard InChI is InChI=1S/C16H22N2/c1-4-5-6-7-13-14-8-11(2)12(3)9-16(14)18-10-15(13)17/h8-10H,4-7,17H2,1-3H3. The number of nitrogens with two attached hydrogens (primary N) is 1. The zero-order valence-corrected chi connectivity index (χ0v) is 11.6. The number of aromatic nitrogens is 1. The minimum absolute atomic E-state index is 0.835. The van der Waals surface area contributed by atoms with Gasteiger partial charge in [-0.2, -0.15) is 0 Å². The molecular weight excluding hydrogens is 220 g/mol. The van der Waals surface area contributed by atoms with Crippen molar-refractivity contribution in [1.82, 2.24) is 4.98 Å². The molecule has 2 rings (SSSR count). The minimum atomic E-state index is 0.835. The Kier molecular flexibility index (Phi) is 3.85. The molecule has 2 nitrogen and oxygen atoms in total. The molecule has 0 radical (unpaired) electrons. The summed E-state index contributed by atoms with van der Waals surface area (Å²) in [6, 6.07) is 4.39. The SMILES string of the molecule is CCCCCc1c(N)cnc2cc(C)c(C)cc12. The molecule has 0 amide bonds. The first-order chi connectivity index (χ1) is 8.63. The summed E-state index contributed by atoms with van der Waals surface area (Å²) < 4.78 is 0. The first-order valence-electron chi connectivity index (χ1n) is 6.77. The number of unbranched alkanes of at least 4 members (excludes halogenated alkanes) is 2. The van der Waals surface area contributed by atoms with E-state index in [9.17, 15) is 0 Å². The van der Waals surface area contributed by atoms with E-state index in [0.717, 1.165) is 17.6 Å². The van der Waals surface area contributed by atoms with Gasteiger partial charge in [-0.3, -0.25) is 4.98 Å². The molecule has 0 aliphatic rings. The Morgan fingerprint density at radius 1 is 1.11 bits per heavy atom. The van der Waals surface area contributed by atoms with Gasteiger partial charge in [0, 0.05) is 5.39 Å². The molecule has 1 aromatic heterocycles. The van der Waals surface area contributed by atoms with Crippen LogP contribution in [0.3, 0.4) is 0 Å². The van der Waals surface area contributed by atoms with Crippen molar-refractivity contribution >= 4 is 16.6 Å². The molecule has 0 spiro atoms. The van der Waals surface area contributed by atoms with Gasteiger partial charge in [-0.05, 0) is 55.5 Å². The van der Waals surface area contributed by atoms with Crippen molar-refractivity contribution < 1.29 is 0 Å². The lowest BCUT2D eigenvalue weighted by molar-refractivity contribution is 0.720. The maximum Gasteiger partial charge on any atom is 0.0709 e. The number of benzene rings is 1. The lowest BCUT2D eigenvalue weighted by Gasteiger charge is -2.11. The number of aryl methyl sites for hydroxylation is 3. The average molecular weight is 242 g/mol. The Balaban J connectivity index is 2.48. The third-order valence-corrected chi connectivity index (χ3v) is 3.66. The molecule has 0 saturated carbocycles. The van der Waals surface area contributed by atoms with E-state index in [1.807, 2.05) is 0 Å². The Bertz CT molecular complexity index is 559. The predicted octanol–water partition coefficient (Wildman–Crippen LogP) is 4.17. The topological polar surface area (TPSA) is 38.9 Å². The van der Waals surface area contributed by atoms with Crippen molar-refractivity contribution in [2.75, 3.05) is 5.73 Å². The highest BCUT2D eigenvalue weighted by Crippen LogP contribution is 2.26. The molecule has 1 heterocycles. The molecule has 0 aliphatic heterocycles. The molecule has 0 aliphatic carbocycles. The van der Waals surface area contributed by atoms with E-state index in [4.69, 9.17) is 5.73 Å². The molecular formula is C16H22N2. The first kappa shape index (κ1) is 12.9. The average Bonchev–Trinajstić information content (AvgIpc) is 2.35. The number of hydrogen-bond donors (Lipinski definition) is 1. The van der Waals surface area contributed by atoms with Gasteiger partial charge in [-0.15, -0.1) is 0 Å². The number of fused-ring (bicyclic) bond motifs is 1. The number of hydrogen-bond acceptors (Lipinski definition) is 2. The Morgan fingerprint density at radius 3 is 2.56 bits per heavy atom. The van der Waals surface area contributed by atoms with Gasteiger partial charge in [0.2, 0.25) is 0 Å². The van der Waals surface area contributed by atoms with Gasteiger partial charge in [0.15, 0.2) is 0 Å². The highest BCUT2D eigenvalue weighted by Gasteiger charge is 2.08. The van der Waals surface area contributed by atoms with E-state index >= 15 is 0 Å². The second-order valence-corrected chi connectivity index (χ2v) is 5.10. The summed E-state index contributed by atoms with van der Waals surface area (Å²) in [4.78, 5) is 4.45. The summed E-state index contributed by atoms with van der Waals surface area (Å²) in [6.07, 6.45) is 6.56. The number of nitrogen functional groups attached to an aromatic ring is 1. The molecule has 0 fully saturated rings. The third-order valence-electron chi connectivity index (χ3n) is 3.66. The fourth-order valence-electron chi connectivity index (χ4n) is 2.35.